The Balaban J connectivity index is 1.41. The maximum atomic E-state index is 13.1. The molecule has 2 saturated carbocycles. The Hall–Kier alpha value is -0.340. The van der Waals surface area contributed by atoms with Crippen LogP contribution in [-0.4, -0.2) is 38.8 Å². The van der Waals surface area contributed by atoms with Gasteiger partial charge in [-0.2, -0.15) is 0 Å². The SMILES string of the molecule is CC(C(=O)OC1CCC2CC(C(O)(C(F)(F)F)C(F)(F)F)CCC21)C12NI1N2. The minimum absolute atomic E-state index is 0.0657. The summed E-state index contributed by atoms with van der Waals surface area (Å²) in [5, 5.41) is 9.67. The Labute approximate surface area is 165 Å². The van der Waals surface area contributed by atoms with Crippen LogP contribution in [0, 0.1) is 23.7 Å². The van der Waals surface area contributed by atoms with Crippen LogP contribution in [0.5, 0.6) is 0 Å². The van der Waals surface area contributed by atoms with Crippen LogP contribution in [0.25, 0.3) is 0 Å². The van der Waals surface area contributed by atoms with Crippen LogP contribution >= 0.6 is 20.4 Å². The zero-order valence-corrected chi connectivity index (χ0v) is 17.0. The van der Waals surface area contributed by atoms with E-state index in [0.29, 0.717) is 12.8 Å². The van der Waals surface area contributed by atoms with E-state index in [9.17, 15) is 36.2 Å². The van der Waals surface area contributed by atoms with Gasteiger partial charge in [0.05, 0.1) is 0 Å². The molecule has 0 radical (unpaired) electrons. The summed E-state index contributed by atoms with van der Waals surface area (Å²) >= 11 is -1.31. The molecule has 4 rings (SSSR count). The van der Waals surface area contributed by atoms with Crippen molar-refractivity contribution in [1.29, 1.82) is 0 Å². The molecule has 0 bridgehead atoms. The van der Waals surface area contributed by atoms with Gasteiger partial charge in [-0.25, -0.2) is 0 Å². The topological polar surface area (TPSA) is 90.4 Å². The predicted molar refractivity (Wildman–Crippen MR) is 92.7 cm³/mol. The van der Waals surface area contributed by atoms with E-state index in [1.807, 2.05) is 0 Å². The van der Waals surface area contributed by atoms with E-state index in [1.165, 1.54) is 0 Å². The van der Waals surface area contributed by atoms with Crippen molar-refractivity contribution in [2.24, 2.45) is 23.7 Å². The van der Waals surface area contributed by atoms with Crippen LogP contribution in [0.3, 0.4) is 0 Å². The van der Waals surface area contributed by atoms with Crippen molar-refractivity contribution in [3.8, 4) is 0 Å². The van der Waals surface area contributed by atoms with Gasteiger partial charge in [-0.05, 0) is 0 Å². The van der Waals surface area contributed by atoms with E-state index in [-0.39, 0.29) is 34.3 Å². The summed E-state index contributed by atoms with van der Waals surface area (Å²) in [6.45, 7) is 1.75. The number of hydrogen-bond donors (Lipinski definition) is 3. The fourth-order valence-corrected chi connectivity index (χ4v) is 9.69. The summed E-state index contributed by atoms with van der Waals surface area (Å²) in [6.07, 6.45) is -12.0. The Kier molecular flexibility index (Phi) is 4.73. The van der Waals surface area contributed by atoms with Gasteiger partial charge < -0.3 is 0 Å². The molecule has 162 valence electrons. The van der Waals surface area contributed by atoms with Crippen molar-refractivity contribution in [2.45, 2.75) is 66.8 Å². The van der Waals surface area contributed by atoms with Gasteiger partial charge in [0.2, 0.25) is 0 Å². The second kappa shape index (κ2) is 6.33. The van der Waals surface area contributed by atoms with E-state index in [0.717, 1.165) is 0 Å². The van der Waals surface area contributed by atoms with Crippen LogP contribution in [0.4, 0.5) is 26.3 Å². The number of nitrogens with one attached hydrogen (secondary N) is 2. The Bertz CT molecular complexity index is 652. The molecular formula is C16H21F6IN2O3. The molecule has 12 heteroatoms. The van der Waals surface area contributed by atoms with Crippen molar-refractivity contribution < 1.29 is 41.0 Å². The van der Waals surface area contributed by atoms with E-state index in [2.05, 4.69) is 7.06 Å². The summed E-state index contributed by atoms with van der Waals surface area (Å²) in [5.74, 6) is -3.37. The van der Waals surface area contributed by atoms with Crippen LogP contribution < -0.4 is 7.06 Å². The third-order valence-corrected chi connectivity index (χ3v) is 11.6. The van der Waals surface area contributed by atoms with Gasteiger partial charge in [0.15, 0.2) is 0 Å². The molecule has 0 aromatic carbocycles. The van der Waals surface area contributed by atoms with Gasteiger partial charge in [0.25, 0.3) is 0 Å². The van der Waals surface area contributed by atoms with Gasteiger partial charge in [-0.1, -0.05) is 0 Å². The molecule has 2 aliphatic heterocycles. The summed E-state index contributed by atoms with van der Waals surface area (Å²) in [6, 6.07) is 0. The fourth-order valence-electron chi connectivity index (χ4n) is 4.83. The summed E-state index contributed by atoms with van der Waals surface area (Å²) in [5.41, 5.74) is -4.71. The number of hydrogen-bond acceptors (Lipinski definition) is 5. The molecule has 0 aromatic rings. The molecule has 2 heterocycles. The number of esters is 1. The first-order valence-corrected chi connectivity index (χ1v) is 12.4. The van der Waals surface area contributed by atoms with Gasteiger partial charge >= 0.3 is 165 Å². The van der Waals surface area contributed by atoms with E-state index >= 15 is 0 Å². The average molecular weight is 530 g/mol. The Morgan fingerprint density at radius 1 is 1.11 bits per heavy atom. The Morgan fingerprint density at radius 2 is 1.68 bits per heavy atom. The summed E-state index contributed by atoms with van der Waals surface area (Å²) in [7, 11) is 0. The number of halogens is 7. The predicted octanol–water partition coefficient (Wildman–Crippen LogP) is 3.41. The third kappa shape index (κ3) is 3.04. The van der Waals surface area contributed by atoms with Crippen molar-refractivity contribution in [3.63, 3.8) is 0 Å². The molecule has 0 spiro atoms. The van der Waals surface area contributed by atoms with Crippen molar-refractivity contribution >= 4 is 26.3 Å². The van der Waals surface area contributed by atoms with Crippen molar-refractivity contribution in [1.82, 2.24) is 7.06 Å². The van der Waals surface area contributed by atoms with Crippen LogP contribution in [-0.2, 0) is 9.53 Å². The zero-order chi connectivity index (χ0) is 20.7. The van der Waals surface area contributed by atoms with E-state index < -0.39 is 62.7 Å². The van der Waals surface area contributed by atoms with Gasteiger partial charge in [-0.15, -0.1) is 0 Å². The first kappa shape index (κ1) is 20.9. The molecule has 28 heavy (non-hydrogen) atoms. The molecule has 5 atom stereocenters. The van der Waals surface area contributed by atoms with E-state index in [4.69, 9.17) is 4.74 Å². The molecule has 3 N–H and O–H groups in total. The second-order valence-corrected chi connectivity index (χ2v) is 12.6. The number of fused-ring (bicyclic) bond motifs is 2. The number of ether oxygens (including phenoxy) is 1. The van der Waals surface area contributed by atoms with Gasteiger partial charge in [-0.3, -0.25) is 0 Å². The van der Waals surface area contributed by atoms with Gasteiger partial charge in [0, 0.05) is 0 Å². The minimum atomic E-state index is -5.79. The average Bonchev–Trinajstić information content (AvgIpc) is 3.41. The first-order valence-electron chi connectivity index (χ1n) is 9.13. The standard InChI is InChI=1S/C16H21F6IN2O3/c1-7(14-23(24-14)25-14)12(26)28-11-5-2-8-6-9(3-4-10(8)11)13(27,15(17,18)19)16(20,21)22/h7-11,24-25,27H,2-6H2,1H3. The monoisotopic (exact) mass is 530 g/mol. The molecule has 2 aliphatic carbocycles. The summed E-state index contributed by atoms with van der Waals surface area (Å²) < 4.78 is 90.6. The molecule has 4 aliphatic rings. The maximum absolute atomic E-state index is 13.1. The zero-order valence-electron chi connectivity index (χ0n) is 14.8. The number of carbonyl (C=O) groups is 1. The molecule has 5 nitrogen and oxygen atoms in total. The van der Waals surface area contributed by atoms with Gasteiger partial charge in [0.1, 0.15) is 0 Å². The Morgan fingerprint density at radius 3 is 2.18 bits per heavy atom. The van der Waals surface area contributed by atoms with Crippen molar-refractivity contribution in [2.75, 3.05) is 0 Å². The quantitative estimate of drug-likeness (QED) is 0.0987. The van der Waals surface area contributed by atoms with E-state index in [1.54, 1.807) is 6.92 Å². The number of alkyl halides is 7. The normalized spacial score (nSPS) is 36.4. The molecule has 2 saturated heterocycles. The number of carbonyl (C=O) groups excluding carboxylic acids is 1. The molecular weight excluding hydrogens is 509 g/mol. The third-order valence-electron chi connectivity index (χ3n) is 6.70. The number of aliphatic hydroxyl groups is 1. The van der Waals surface area contributed by atoms with Crippen LogP contribution in [0.1, 0.15) is 39.0 Å². The fraction of sp³-hybridized carbons (Fsp3) is 0.938. The first-order chi connectivity index (χ1) is 12.8. The molecule has 0 aromatic heterocycles. The second-order valence-electron chi connectivity index (χ2n) is 8.15. The van der Waals surface area contributed by atoms with Crippen LogP contribution in [0.15, 0.2) is 0 Å². The molecule has 0 amide bonds. The molecule has 5 unspecified atom stereocenters. The van der Waals surface area contributed by atoms with Crippen molar-refractivity contribution in [3.05, 3.63) is 0 Å². The number of rotatable bonds is 4. The summed E-state index contributed by atoms with van der Waals surface area (Å²) in [4.78, 5) is 12.4. The van der Waals surface area contributed by atoms with Crippen LogP contribution in [0.2, 0.25) is 0 Å². The molecule has 4 fully saturated rings.